The van der Waals surface area contributed by atoms with Crippen molar-refractivity contribution in [3.8, 4) is 17.0 Å². The lowest BCUT2D eigenvalue weighted by Crippen LogP contribution is -2.38. The summed E-state index contributed by atoms with van der Waals surface area (Å²) in [6, 6.07) is 19.5. The normalized spacial score (nSPS) is 12.5. The summed E-state index contributed by atoms with van der Waals surface area (Å²) in [7, 11) is -8.12. The third-order valence-corrected chi connectivity index (χ3v) is 11.7. The third kappa shape index (κ3) is 7.70. The molecule has 0 N–H and O–H groups in total. The van der Waals surface area contributed by atoms with Crippen molar-refractivity contribution < 1.29 is 31.1 Å². The van der Waals surface area contributed by atoms with E-state index in [-0.39, 0.29) is 51.1 Å². The Morgan fingerprint density at radius 1 is 0.745 bits per heavy atom. The number of anilines is 1. The predicted molar refractivity (Wildman–Crippen MR) is 183 cm³/mol. The molecule has 0 radical (unpaired) electrons. The lowest BCUT2D eigenvalue weighted by Gasteiger charge is -2.26. The average molecular weight is 682 g/mol. The minimum atomic E-state index is -4.79. The van der Waals surface area contributed by atoms with E-state index in [4.69, 9.17) is 9.47 Å². The standard InChI is InChI=1S/C35H43N3O7S2/c1-24-10-12-26(13-11-24)31-32(45-23-22-44-25(2)39)36-37(9)33(31)38(46(40,41)29-18-14-27(15-19-29)34(3,4)5)47(42,43)30-20-16-28(17-21-30)35(6,7)8/h10-21H,22-23H2,1-9H3. The van der Waals surface area contributed by atoms with E-state index in [1.807, 2.05) is 60.6 Å². The van der Waals surface area contributed by atoms with Gasteiger partial charge in [0.25, 0.3) is 20.0 Å². The van der Waals surface area contributed by atoms with Crippen LogP contribution in [0.4, 0.5) is 5.82 Å². The lowest BCUT2D eigenvalue weighted by atomic mass is 9.87. The van der Waals surface area contributed by atoms with Crippen molar-refractivity contribution in [3.63, 3.8) is 0 Å². The predicted octanol–water partition coefficient (Wildman–Crippen LogP) is 6.52. The van der Waals surface area contributed by atoms with E-state index in [2.05, 4.69) is 5.10 Å². The Morgan fingerprint density at radius 3 is 1.60 bits per heavy atom. The van der Waals surface area contributed by atoms with E-state index in [0.717, 1.165) is 16.7 Å². The Balaban J connectivity index is 2.01. The molecule has 0 saturated heterocycles. The van der Waals surface area contributed by atoms with Crippen molar-refractivity contribution in [2.75, 3.05) is 16.9 Å². The molecule has 0 unspecified atom stereocenters. The second kappa shape index (κ2) is 13.2. The Labute approximate surface area is 278 Å². The van der Waals surface area contributed by atoms with Gasteiger partial charge < -0.3 is 9.47 Å². The van der Waals surface area contributed by atoms with Crippen LogP contribution in [0.1, 0.15) is 65.2 Å². The molecular formula is C35H43N3O7S2. The van der Waals surface area contributed by atoms with Crippen LogP contribution < -0.4 is 8.45 Å². The highest BCUT2D eigenvalue weighted by Gasteiger charge is 2.42. The van der Waals surface area contributed by atoms with Crippen LogP contribution in [-0.2, 0) is 47.5 Å². The zero-order valence-electron chi connectivity index (χ0n) is 28.4. The number of nitrogens with zero attached hydrogens (tertiary/aromatic N) is 3. The van der Waals surface area contributed by atoms with E-state index in [0.29, 0.717) is 9.27 Å². The molecule has 0 aliphatic rings. The fourth-order valence-electron chi connectivity index (χ4n) is 4.90. The minimum absolute atomic E-state index is 0.0277. The first-order valence-electron chi connectivity index (χ1n) is 15.2. The monoisotopic (exact) mass is 681 g/mol. The number of esters is 1. The van der Waals surface area contributed by atoms with Crippen LogP contribution in [0, 0.1) is 6.92 Å². The van der Waals surface area contributed by atoms with Crippen LogP contribution in [0.25, 0.3) is 11.1 Å². The van der Waals surface area contributed by atoms with Gasteiger partial charge in [0.1, 0.15) is 13.2 Å². The molecule has 4 rings (SSSR count). The van der Waals surface area contributed by atoms with Crippen LogP contribution in [0.5, 0.6) is 5.88 Å². The van der Waals surface area contributed by atoms with Gasteiger partial charge in [0.05, 0.1) is 15.4 Å². The first kappa shape index (κ1) is 35.7. The van der Waals surface area contributed by atoms with E-state index in [9.17, 15) is 21.6 Å². The van der Waals surface area contributed by atoms with Crippen LogP contribution in [0.3, 0.4) is 0 Å². The summed E-state index contributed by atoms with van der Waals surface area (Å²) in [6.07, 6.45) is 0. The summed E-state index contributed by atoms with van der Waals surface area (Å²) < 4.78 is 71.3. The quantitative estimate of drug-likeness (QED) is 0.137. The number of hydrogen-bond donors (Lipinski definition) is 0. The number of carbonyl (C=O) groups is 1. The number of carbonyl (C=O) groups excluding carboxylic acids is 1. The smallest absolute Gasteiger partial charge is 0.302 e. The van der Waals surface area contributed by atoms with Gasteiger partial charge in [-0.05, 0) is 58.7 Å². The third-order valence-electron chi connectivity index (χ3n) is 7.60. The summed E-state index contributed by atoms with van der Waals surface area (Å²) in [6.45, 7) is 15.0. The summed E-state index contributed by atoms with van der Waals surface area (Å²) in [5, 5.41) is 4.44. The lowest BCUT2D eigenvalue weighted by molar-refractivity contribution is -0.141. The van der Waals surface area contributed by atoms with Crippen LogP contribution in [0.2, 0.25) is 0 Å². The van der Waals surface area contributed by atoms with Crippen molar-refractivity contribution >= 4 is 31.8 Å². The summed E-state index contributed by atoms with van der Waals surface area (Å²) >= 11 is 0. The molecule has 0 aliphatic carbocycles. The summed E-state index contributed by atoms with van der Waals surface area (Å²) in [5.41, 5.74) is 2.79. The molecule has 47 heavy (non-hydrogen) atoms. The van der Waals surface area contributed by atoms with Gasteiger partial charge in [-0.25, -0.2) is 4.68 Å². The minimum Gasteiger partial charge on any atom is -0.472 e. The molecule has 3 aromatic carbocycles. The Kier molecular flexibility index (Phi) is 9.99. The molecule has 0 spiro atoms. The fraction of sp³-hybridized carbons (Fsp3) is 0.371. The fourth-order valence-corrected chi connectivity index (χ4v) is 8.67. The van der Waals surface area contributed by atoms with Crippen LogP contribution in [0.15, 0.2) is 82.6 Å². The van der Waals surface area contributed by atoms with Crippen molar-refractivity contribution in [2.24, 2.45) is 7.05 Å². The SMILES string of the molecule is CC(=O)OCCOc1nn(C)c(N(S(=O)(=O)c2ccc(C(C)(C)C)cc2)S(=O)(=O)c2ccc(C(C)(C)C)cc2)c1-c1ccc(C)cc1. The van der Waals surface area contributed by atoms with E-state index in [1.165, 1.54) is 42.9 Å². The zero-order chi connectivity index (χ0) is 34.9. The first-order valence-corrected chi connectivity index (χ1v) is 18.0. The topological polar surface area (TPSA) is 125 Å². The molecule has 1 heterocycles. The van der Waals surface area contributed by atoms with Crippen molar-refractivity contribution in [2.45, 2.75) is 76.0 Å². The Morgan fingerprint density at radius 2 is 1.19 bits per heavy atom. The molecule has 0 fully saturated rings. The molecule has 0 amide bonds. The molecule has 12 heteroatoms. The van der Waals surface area contributed by atoms with E-state index in [1.54, 1.807) is 36.4 Å². The number of ether oxygens (including phenoxy) is 2. The number of benzene rings is 3. The van der Waals surface area contributed by atoms with Gasteiger partial charge in [-0.15, -0.1) is 8.81 Å². The number of hydrogen-bond acceptors (Lipinski definition) is 8. The number of sulfonamides is 2. The van der Waals surface area contributed by atoms with Gasteiger partial charge in [-0.2, -0.15) is 16.8 Å². The molecule has 0 atom stereocenters. The maximum absolute atomic E-state index is 14.7. The summed E-state index contributed by atoms with van der Waals surface area (Å²) in [4.78, 5) is 10.9. The van der Waals surface area contributed by atoms with Gasteiger partial charge in [-0.1, -0.05) is 95.6 Å². The molecule has 10 nitrogen and oxygen atoms in total. The molecular weight excluding hydrogens is 639 g/mol. The summed E-state index contributed by atoms with van der Waals surface area (Å²) in [5.74, 6) is -0.761. The highest BCUT2D eigenvalue weighted by atomic mass is 32.3. The molecule has 0 bridgehead atoms. The molecule has 4 aromatic rings. The molecule has 1 aromatic heterocycles. The average Bonchev–Trinajstić information content (AvgIpc) is 3.29. The maximum Gasteiger partial charge on any atom is 0.302 e. The van der Waals surface area contributed by atoms with Gasteiger partial charge in [0.15, 0.2) is 5.82 Å². The van der Waals surface area contributed by atoms with Gasteiger partial charge in [-0.3, -0.25) is 4.79 Å². The van der Waals surface area contributed by atoms with Crippen molar-refractivity contribution in [3.05, 3.63) is 89.5 Å². The van der Waals surface area contributed by atoms with Gasteiger partial charge in [0, 0.05) is 14.0 Å². The zero-order valence-corrected chi connectivity index (χ0v) is 30.0. The Hall–Kier alpha value is -4.16. The molecule has 0 saturated carbocycles. The highest BCUT2D eigenvalue weighted by molar-refractivity contribution is 8.10. The second-order valence-electron chi connectivity index (χ2n) is 13.4. The van der Waals surface area contributed by atoms with Gasteiger partial charge >= 0.3 is 5.97 Å². The van der Waals surface area contributed by atoms with Crippen molar-refractivity contribution in [1.29, 1.82) is 0 Å². The highest BCUT2D eigenvalue weighted by Crippen LogP contribution is 2.43. The van der Waals surface area contributed by atoms with Crippen LogP contribution >= 0.6 is 0 Å². The maximum atomic E-state index is 14.7. The van der Waals surface area contributed by atoms with E-state index >= 15 is 0 Å². The van der Waals surface area contributed by atoms with Crippen molar-refractivity contribution in [1.82, 2.24) is 9.78 Å². The van der Waals surface area contributed by atoms with E-state index < -0.39 is 26.0 Å². The van der Waals surface area contributed by atoms with Crippen LogP contribution in [-0.4, -0.2) is 45.8 Å². The largest absolute Gasteiger partial charge is 0.472 e. The van der Waals surface area contributed by atoms with Gasteiger partial charge in [0.2, 0.25) is 5.88 Å². The Bertz CT molecular complexity index is 1860. The first-order chi connectivity index (χ1) is 21.7. The number of aromatic nitrogens is 2. The molecule has 0 aliphatic heterocycles. The number of rotatable bonds is 10. The number of aryl methyl sites for hydroxylation is 2. The second-order valence-corrected chi connectivity index (χ2v) is 17.2. The molecule has 252 valence electrons.